The highest BCUT2D eigenvalue weighted by Gasteiger charge is 2.09. The minimum absolute atomic E-state index is 0.0256. The van der Waals surface area contributed by atoms with Crippen molar-refractivity contribution in [2.75, 3.05) is 12.3 Å². The second-order valence-corrected chi connectivity index (χ2v) is 4.43. The number of thioether (sulfide) groups is 1. The lowest BCUT2D eigenvalue weighted by Gasteiger charge is -2.07. The van der Waals surface area contributed by atoms with Gasteiger partial charge in [-0.05, 0) is 24.3 Å². The monoisotopic (exact) mass is 244 g/mol. The molecule has 7 nitrogen and oxygen atoms in total. The minimum Gasteiger partial charge on any atom is -0.353 e. The molecule has 1 amide bonds. The number of carbonyl (C=O) groups excluding carboxylic acids is 1. The molecule has 0 aliphatic heterocycles. The Balaban J connectivity index is 2.41. The predicted octanol–water partition coefficient (Wildman–Crippen LogP) is -0.751. The Kier molecular flexibility index (Phi) is 5.20. The maximum atomic E-state index is 11.4. The molecule has 0 spiro atoms. The van der Waals surface area contributed by atoms with Crippen LogP contribution in [0, 0.1) is 0 Å². The molecular formula is C8H16N6OS. The molecule has 16 heavy (non-hydrogen) atoms. The number of tetrazole rings is 1. The molecule has 0 saturated carbocycles. The molecule has 1 rings (SSSR count). The van der Waals surface area contributed by atoms with Gasteiger partial charge in [-0.1, -0.05) is 11.8 Å². The van der Waals surface area contributed by atoms with Crippen molar-refractivity contribution < 1.29 is 4.79 Å². The molecule has 0 unspecified atom stereocenters. The van der Waals surface area contributed by atoms with Crippen molar-refractivity contribution in [2.45, 2.75) is 31.6 Å². The van der Waals surface area contributed by atoms with E-state index in [2.05, 4.69) is 20.8 Å². The van der Waals surface area contributed by atoms with Crippen molar-refractivity contribution in [1.29, 1.82) is 0 Å². The molecule has 90 valence electrons. The number of hydrogen-bond acceptors (Lipinski definition) is 6. The van der Waals surface area contributed by atoms with Crippen LogP contribution in [0.15, 0.2) is 5.16 Å². The van der Waals surface area contributed by atoms with E-state index in [-0.39, 0.29) is 11.9 Å². The van der Waals surface area contributed by atoms with Gasteiger partial charge in [0, 0.05) is 12.6 Å². The van der Waals surface area contributed by atoms with Crippen molar-refractivity contribution in [3.05, 3.63) is 0 Å². The fourth-order valence-electron chi connectivity index (χ4n) is 1.06. The van der Waals surface area contributed by atoms with E-state index in [4.69, 9.17) is 5.73 Å². The number of aromatic nitrogens is 4. The van der Waals surface area contributed by atoms with Gasteiger partial charge < -0.3 is 11.1 Å². The van der Waals surface area contributed by atoms with E-state index in [1.807, 2.05) is 13.8 Å². The van der Waals surface area contributed by atoms with Crippen molar-refractivity contribution in [2.24, 2.45) is 5.73 Å². The summed E-state index contributed by atoms with van der Waals surface area (Å²) in [5.74, 6) is 0.283. The fraction of sp³-hybridized carbons (Fsp3) is 0.750. The molecule has 0 fully saturated rings. The topological polar surface area (TPSA) is 98.7 Å². The van der Waals surface area contributed by atoms with Crippen LogP contribution in [0.25, 0.3) is 0 Å². The SMILES string of the molecule is CC(C)NC(=O)CSc1nnnn1CCN. The molecule has 0 radical (unpaired) electrons. The highest BCUT2D eigenvalue weighted by molar-refractivity contribution is 7.99. The molecule has 1 heterocycles. The van der Waals surface area contributed by atoms with Gasteiger partial charge in [0.05, 0.1) is 12.3 Å². The van der Waals surface area contributed by atoms with Crippen molar-refractivity contribution in [1.82, 2.24) is 25.5 Å². The zero-order valence-corrected chi connectivity index (χ0v) is 10.2. The average molecular weight is 244 g/mol. The summed E-state index contributed by atoms with van der Waals surface area (Å²) in [6.45, 7) is 4.86. The Labute approximate surface area is 98.1 Å². The van der Waals surface area contributed by atoms with Crippen LogP contribution in [-0.4, -0.2) is 44.5 Å². The summed E-state index contributed by atoms with van der Waals surface area (Å²) < 4.78 is 1.59. The van der Waals surface area contributed by atoms with Crippen LogP contribution in [0.5, 0.6) is 0 Å². The van der Waals surface area contributed by atoms with Gasteiger partial charge >= 0.3 is 0 Å². The van der Waals surface area contributed by atoms with Crippen LogP contribution < -0.4 is 11.1 Å². The van der Waals surface area contributed by atoms with Crippen molar-refractivity contribution in [3.8, 4) is 0 Å². The van der Waals surface area contributed by atoms with E-state index in [9.17, 15) is 4.79 Å². The third-order valence-electron chi connectivity index (χ3n) is 1.62. The summed E-state index contributed by atoms with van der Waals surface area (Å²) in [6, 6.07) is 0.146. The first-order valence-electron chi connectivity index (χ1n) is 5.02. The summed E-state index contributed by atoms with van der Waals surface area (Å²) in [5, 5.41) is 14.5. The Bertz CT molecular complexity index is 339. The third-order valence-corrected chi connectivity index (χ3v) is 2.58. The molecule has 3 N–H and O–H groups in total. The second-order valence-electron chi connectivity index (χ2n) is 3.48. The van der Waals surface area contributed by atoms with Gasteiger partial charge in [-0.15, -0.1) is 5.10 Å². The van der Waals surface area contributed by atoms with Gasteiger partial charge in [0.15, 0.2) is 0 Å². The minimum atomic E-state index is -0.0256. The van der Waals surface area contributed by atoms with Crippen LogP contribution in [0.2, 0.25) is 0 Å². The van der Waals surface area contributed by atoms with Crippen LogP contribution in [0.1, 0.15) is 13.8 Å². The summed E-state index contributed by atoms with van der Waals surface area (Å²) in [5.41, 5.74) is 5.41. The van der Waals surface area contributed by atoms with E-state index in [0.29, 0.717) is 24.0 Å². The van der Waals surface area contributed by atoms with Gasteiger partial charge in [-0.25, -0.2) is 4.68 Å². The lowest BCUT2D eigenvalue weighted by Crippen LogP contribution is -2.31. The van der Waals surface area contributed by atoms with E-state index in [0.717, 1.165) is 0 Å². The maximum absolute atomic E-state index is 11.4. The van der Waals surface area contributed by atoms with Crippen molar-refractivity contribution >= 4 is 17.7 Å². The number of amides is 1. The quantitative estimate of drug-likeness (QED) is 0.639. The second kappa shape index (κ2) is 6.44. The summed E-state index contributed by atoms with van der Waals surface area (Å²) in [7, 11) is 0. The number of hydrogen-bond donors (Lipinski definition) is 2. The Hall–Kier alpha value is -1.15. The molecule has 0 bridgehead atoms. The molecule has 1 aromatic heterocycles. The summed E-state index contributed by atoms with van der Waals surface area (Å²) in [6.07, 6.45) is 0. The van der Waals surface area contributed by atoms with Gasteiger partial charge in [0.25, 0.3) is 0 Å². The van der Waals surface area contributed by atoms with Gasteiger partial charge in [-0.2, -0.15) is 0 Å². The maximum Gasteiger partial charge on any atom is 0.230 e. The molecule has 0 aromatic carbocycles. The number of carbonyl (C=O) groups is 1. The molecular weight excluding hydrogens is 228 g/mol. The molecule has 0 saturated heterocycles. The molecule has 1 aromatic rings. The molecule has 0 aliphatic carbocycles. The Morgan fingerprint density at radius 2 is 2.38 bits per heavy atom. The predicted molar refractivity (Wildman–Crippen MR) is 60.9 cm³/mol. The van der Waals surface area contributed by atoms with Gasteiger partial charge in [0.2, 0.25) is 11.1 Å². The third kappa shape index (κ3) is 4.15. The van der Waals surface area contributed by atoms with E-state index in [1.165, 1.54) is 11.8 Å². The Morgan fingerprint density at radius 1 is 1.62 bits per heavy atom. The normalized spacial score (nSPS) is 10.8. The number of nitrogens with zero attached hydrogens (tertiary/aromatic N) is 4. The summed E-state index contributed by atoms with van der Waals surface area (Å²) >= 11 is 1.30. The number of rotatable bonds is 6. The number of nitrogens with one attached hydrogen (secondary N) is 1. The molecule has 0 atom stereocenters. The first kappa shape index (κ1) is 12.9. The van der Waals surface area contributed by atoms with Crippen LogP contribution >= 0.6 is 11.8 Å². The fourth-order valence-corrected chi connectivity index (χ4v) is 1.77. The lowest BCUT2D eigenvalue weighted by atomic mass is 10.4. The summed E-state index contributed by atoms with van der Waals surface area (Å²) in [4.78, 5) is 11.4. The first-order chi connectivity index (χ1) is 7.63. The smallest absolute Gasteiger partial charge is 0.230 e. The molecule has 8 heteroatoms. The van der Waals surface area contributed by atoms with Gasteiger partial charge in [-0.3, -0.25) is 4.79 Å². The largest absolute Gasteiger partial charge is 0.353 e. The van der Waals surface area contributed by atoms with E-state index in [1.54, 1.807) is 4.68 Å². The van der Waals surface area contributed by atoms with Crippen molar-refractivity contribution in [3.63, 3.8) is 0 Å². The van der Waals surface area contributed by atoms with Crippen LogP contribution in [0.4, 0.5) is 0 Å². The number of nitrogens with two attached hydrogens (primary N) is 1. The highest BCUT2D eigenvalue weighted by atomic mass is 32.2. The Morgan fingerprint density at radius 3 is 3.00 bits per heavy atom. The van der Waals surface area contributed by atoms with Crippen LogP contribution in [0.3, 0.4) is 0 Å². The first-order valence-corrected chi connectivity index (χ1v) is 6.00. The van der Waals surface area contributed by atoms with E-state index < -0.39 is 0 Å². The van der Waals surface area contributed by atoms with E-state index >= 15 is 0 Å². The van der Waals surface area contributed by atoms with Gasteiger partial charge in [0.1, 0.15) is 0 Å². The zero-order chi connectivity index (χ0) is 12.0. The standard InChI is InChI=1S/C8H16N6OS/c1-6(2)10-7(15)5-16-8-11-12-13-14(8)4-3-9/h6H,3-5,9H2,1-2H3,(H,10,15). The molecule has 0 aliphatic rings. The average Bonchev–Trinajstić information content (AvgIpc) is 2.62. The lowest BCUT2D eigenvalue weighted by molar-refractivity contribution is -0.119. The van der Waals surface area contributed by atoms with Crippen LogP contribution in [-0.2, 0) is 11.3 Å². The zero-order valence-electron chi connectivity index (χ0n) is 9.38. The highest BCUT2D eigenvalue weighted by Crippen LogP contribution is 2.12.